The first-order valence-corrected chi connectivity index (χ1v) is 18.4. The van der Waals surface area contributed by atoms with Gasteiger partial charge in [-0.1, -0.05) is 76.7 Å². The molecule has 2 unspecified atom stereocenters. The van der Waals surface area contributed by atoms with E-state index in [0.29, 0.717) is 24.4 Å². The van der Waals surface area contributed by atoms with Crippen molar-refractivity contribution in [3.63, 3.8) is 0 Å². The Morgan fingerprint density at radius 1 is 0.750 bits per heavy atom. The minimum atomic E-state index is -1.44. The zero-order valence-corrected chi connectivity index (χ0v) is 30.1. The lowest BCUT2D eigenvalue weighted by Crippen LogP contribution is -2.40. The summed E-state index contributed by atoms with van der Waals surface area (Å²) >= 11 is 0. The summed E-state index contributed by atoms with van der Waals surface area (Å²) in [5.41, 5.74) is 2.51. The fraction of sp³-hybridized carbons (Fsp3) is 0.341. The van der Waals surface area contributed by atoms with Gasteiger partial charge in [0.15, 0.2) is 0 Å². The Hall–Kier alpha value is -5.21. The van der Waals surface area contributed by atoms with Crippen molar-refractivity contribution >= 4 is 23.5 Å². The van der Waals surface area contributed by atoms with Crippen molar-refractivity contribution in [1.29, 1.82) is 0 Å². The van der Waals surface area contributed by atoms with Crippen LogP contribution in [0.1, 0.15) is 93.9 Å². The average Bonchev–Trinajstić information content (AvgIpc) is 3.13. The predicted molar refractivity (Wildman–Crippen MR) is 205 cm³/mol. The Bertz CT molecular complexity index is 1770. The molecule has 0 bridgehead atoms. The normalized spacial score (nSPS) is 18.1. The molecule has 0 fully saturated rings. The van der Waals surface area contributed by atoms with E-state index >= 15 is 0 Å². The molecule has 8 nitrogen and oxygen atoms in total. The summed E-state index contributed by atoms with van der Waals surface area (Å²) in [7, 11) is 0. The number of ketones is 1. The lowest BCUT2D eigenvalue weighted by Gasteiger charge is -2.35. The molecule has 3 aromatic rings. The van der Waals surface area contributed by atoms with Gasteiger partial charge in [0.1, 0.15) is 76.4 Å². The summed E-state index contributed by atoms with van der Waals surface area (Å²) in [6.07, 6.45) is 16.2. The fourth-order valence-electron chi connectivity index (χ4n) is 6.47. The van der Waals surface area contributed by atoms with Crippen LogP contribution in [0.25, 0.3) is 17.7 Å². The van der Waals surface area contributed by atoms with E-state index in [-0.39, 0.29) is 40.4 Å². The highest BCUT2D eigenvalue weighted by molar-refractivity contribution is 6.03. The number of benzene rings is 3. The molecule has 0 saturated carbocycles. The van der Waals surface area contributed by atoms with Gasteiger partial charge in [0.2, 0.25) is 11.5 Å². The quantitative estimate of drug-likeness (QED) is 0.0501. The molecule has 5 rings (SSSR count). The number of Topliss-reactive ketones (excluding diaryl/α,β-unsaturated/α-hetero) is 1. The summed E-state index contributed by atoms with van der Waals surface area (Å²) in [6.45, 7) is 5.71. The maximum Gasteiger partial charge on any atom is 0.246 e. The summed E-state index contributed by atoms with van der Waals surface area (Å²) < 4.78 is 11.6. The standard InChI is InChI=1S/C44H48O8/c1-3-5-7-9-23-51-33-19-15-29(16-20-33)11-13-31-25-35(45)39(36(46)26-31)41-43(49)42(44(41)50)40-37(47)27-32(28-38(40)48)14-12-30-17-21-34(22-18-30)52-24-10-8-6-4-2/h11-22,25-27,42-43,49H,3-10,23-24,28H2,1-2H3,(H2-2,45,46,47,48,50)/p+2/b13-11+,32-14?. The van der Waals surface area contributed by atoms with E-state index < -0.39 is 23.6 Å². The van der Waals surface area contributed by atoms with Crippen molar-refractivity contribution < 1.29 is 39.8 Å². The number of phenolic OH excluding ortho intramolecular Hbond substituents is 2. The molecule has 0 radical (unpaired) electrons. The second-order valence-corrected chi connectivity index (χ2v) is 13.4. The number of aliphatic hydroxyl groups excluding tert-OH is 3. The van der Waals surface area contributed by atoms with Crippen LogP contribution in [-0.4, -0.2) is 50.6 Å². The van der Waals surface area contributed by atoms with Gasteiger partial charge in [-0.2, -0.15) is 0 Å². The van der Waals surface area contributed by atoms with Gasteiger partial charge >= 0.3 is 0 Å². The zero-order chi connectivity index (χ0) is 37.0. The van der Waals surface area contributed by atoms with Crippen LogP contribution in [0.5, 0.6) is 23.0 Å². The molecule has 8 heteroatoms. The third kappa shape index (κ3) is 9.56. The summed E-state index contributed by atoms with van der Waals surface area (Å²) in [4.78, 5) is 13.2. The molecular weight excluding hydrogens is 656 g/mol. The number of phenols is 2. The van der Waals surface area contributed by atoms with Crippen LogP contribution < -0.4 is 9.47 Å². The Morgan fingerprint density at radius 3 is 1.85 bits per heavy atom. The Morgan fingerprint density at radius 2 is 1.31 bits per heavy atom. The molecule has 0 saturated heterocycles. The van der Waals surface area contributed by atoms with Gasteiger partial charge in [-0.05, 0) is 48.2 Å². The largest absolute Gasteiger partial charge is 0.510 e. The van der Waals surface area contributed by atoms with Crippen molar-refractivity contribution in [2.75, 3.05) is 13.2 Å². The Balaban J connectivity index is 1.20. The molecule has 0 amide bonds. The monoisotopic (exact) mass is 706 g/mol. The predicted octanol–water partition coefficient (Wildman–Crippen LogP) is 9.61. The molecule has 5 N–H and O–H groups in total. The van der Waals surface area contributed by atoms with E-state index in [1.807, 2.05) is 61.0 Å². The summed E-state index contributed by atoms with van der Waals surface area (Å²) in [6, 6.07) is 18.1. The molecular formula is C44H50O8+2. The van der Waals surface area contributed by atoms with Crippen LogP contribution in [0.15, 0.2) is 89.4 Å². The molecule has 3 aromatic carbocycles. The van der Waals surface area contributed by atoms with E-state index in [0.717, 1.165) is 48.3 Å². The van der Waals surface area contributed by atoms with Crippen molar-refractivity contribution in [3.05, 3.63) is 124 Å². The maximum atomic E-state index is 13.2. The molecule has 2 atom stereocenters. The Kier molecular flexibility index (Phi) is 13.4. The summed E-state index contributed by atoms with van der Waals surface area (Å²) in [5, 5.41) is 54.7. The van der Waals surface area contributed by atoms with Crippen molar-refractivity contribution in [2.45, 2.75) is 77.7 Å². The van der Waals surface area contributed by atoms with Crippen LogP contribution in [0.4, 0.5) is 0 Å². The van der Waals surface area contributed by atoms with Crippen LogP contribution in [-0.2, 0) is 4.79 Å². The maximum absolute atomic E-state index is 13.2. The number of carbonyl (C=O) groups is 1. The van der Waals surface area contributed by atoms with E-state index in [1.165, 1.54) is 44.2 Å². The number of hydrogen-bond donors (Lipinski definition) is 5. The Labute approximate surface area is 307 Å². The third-order valence-corrected chi connectivity index (χ3v) is 9.40. The molecule has 0 aliphatic heterocycles. The summed E-state index contributed by atoms with van der Waals surface area (Å²) in [5.74, 6) is -1.50. The number of allylic oxidation sites excluding steroid dienone is 2. The lowest BCUT2D eigenvalue weighted by atomic mass is 9.69. The molecule has 2 aliphatic rings. The molecule has 0 aromatic heterocycles. The van der Waals surface area contributed by atoms with E-state index in [2.05, 4.69) is 13.8 Å². The SMILES string of the molecule is CCCCCCOc1ccc(/C=C/c2cc(O)c(C3=C(O)C(C4=C(O)[CH+]C(=C[CH+]c5ccc(OCCCCCC)cc5)CC4=O)C3O)c(O)c2)cc1. The van der Waals surface area contributed by atoms with Crippen LogP contribution in [0, 0.1) is 18.8 Å². The number of ether oxygens (including phenoxy) is 2. The highest BCUT2D eigenvalue weighted by atomic mass is 16.5. The van der Waals surface area contributed by atoms with Gasteiger partial charge in [-0.25, -0.2) is 0 Å². The van der Waals surface area contributed by atoms with Gasteiger partial charge < -0.3 is 35.0 Å². The van der Waals surface area contributed by atoms with E-state index in [9.17, 15) is 30.3 Å². The first kappa shape index (κ1) is 38.0. The van der Waals surface area contributed by atoms with Gasteiger partial charge in [0.25, 0.3) is 0 Å². The number of hydrogen-bond acceptors (Lipinski definition) is 8. The first-order chi connectivity index (χ1) is 25.2. The minimum absolute atomic E-state index is 0.0347. The molecule has 2 aliphatic carbocycles. The lowest BCUT2D eigenvalue weighted by molar-refractivity contribution is -0.116. The topological polar surface area (TPSA) is 137 Å². The van der Waals surface area contributed by atoms with Crippen molar-refractivity contribution in [3.8, 4) is 23.0 Å². The zero-order valence-electron chi connectivity index (χ0n) is 30.1. The number of unbranched alkanes of at least 4 members (excludes halogenated alkanes) is 6. The second-order valence-electron chi connectivity index (χ2n) is 13.4. The number of aromatic hydroxyl groups is 2. The average molecular weight is 707 g/mol. The fourth-order valence-corrected chi connectivity index (χ4v) is 6.47. The van der Waals surface area contributed by atoms with Crippen molar-refractivity contribution in [2.24, 2.45) is 5.92 Å². The molecule has 52 heavy (non-hydrogen) atoms. The highest BCUT2D eigenvalue weighted by Gasteiger charge is 2.52. The van der Waals surface area contributed by atoms with Crippen LogP contribution in [0.2, 0.25) is 0 Å². The molecule has 272 valence electrons. The third-order valence-electron chi connectivity index (χ3n) is 9.40. The second kappa shape index (κ2) is 18.3. The molecule has 0 heterocycles. The first-order valence-electron chi connectivity index (χ1n) is 18.4. The molecule has 0 spiro atoms. The highest BCUT2D eigenvalue weighted by Crippen LogP contribution is 2.51. The van der Waals surface area contributed by atoms with Gasteiger partial charge in [-0.3, -0.25) is 4.79 Å². The van der Waals surface area contributed by atoms with Crippen molar-refractivity contribution in [1.82, 2.24) is 0 Å². The van der Waals surface area contributed by atoms with Gasteiger partial charge in [0.05, 0.1) is 25.2 Å². The minimum Gasteiger partial charge on any atom is -0.510 e. The number of aliphatic hydroxyl groups is 3. The number of carbonyl (C=O) groups excluding carboxylic acids is 1. The van der Waals surface area contributed by atoms with Gasteiger partial charge in [0, 0.05) is 29.8 Å². The van der Waals surface area contributed by atoms with E-state index in [1.54, 1.807) is 12.2 Å². The van der Waals surface area contributed by atoms with Crippen LogP contribution >= 0.6 is 0 Å². The van der Waals surface area contributed by atoms with E-state index in [4.69, 9.17) is 9.47 Å². The smallest absolute Gasteiger partial charge is 0.246 e. The van der Waals surface area contributed by atoms with Gasteiger partial charge in [-0.15, -0.1) is 0 Å². The van der Waals surface area contributed by atoms with Crippen LogP contribution in [0.3, 0.4) is 0 Å². The number of rotatable bonds is 18.